The molecule has 5 rings (SSSR count). The number of fused-ring (bicyclic) bond motifs is 1. The third kappa shape index (κ3) is 2.84. The maximum absolute atomic E-state index is 13.5. The molecular weight excluding hydrogens is 377 g/mol. The molecule has 1 aliphatic heterocycles. The van der Waals surface area contributed by atoms with E-state index in [1.54, 1.807) is 24.5 Å². The van der Waals surface area contributed by atoms with Crippen molar-refractivity contribution < 1.29 is 13.6 Å². The molecule has 0 amide bonds. The number of carbonyl (C=O) groups excluding carboxylic acids is 1. The van der Waals surface area contributed by atoms with Crippen LogP contribution in [0.15, 0.2) is 67.9 Å². The van der Waals surface area contributed by atoms with Crippen molar-refractivity contribution in [1.29, 1.82) is 0 Å². The van der Waals surface area contributed by atoms with E-state index in [0.717, 1.165) is 0 Å². The Hall–Kier alpha value is -3.68. The summed E-state index contributed by atoms with van der Waals surface area (Å²) >= 11 is 0. The fraction of sp³-hybridized carbons (Fsp3) is 0.190. The van der Waals surface area contributed by atoms with Crippen LogP contribution in [0.3, 0.4) is 0 Å². The second-order valence-electron chi connectivity index (χ2n) is 7.24. The van der Waals surface area contributed by atoms with E-state index in [1.165, 1.54) is 12.1 Å². The molecular formula is C21H16FN3O4. The number of allylic oxidation sites excluding steroid dienone is 2. The molecule has 0 saturated carbocycles. The van der Waals surface area contributed by atoms with E-state index >= 15 is 0 Å². The summed E-state index contributed by atoms with van der Waals surface area (Å²) in [7, 11) is 0. The van der Waals surface area contributed by atoms with E-state index < -0.39 is 23.0 Å². The van der Waals surface area contributed by atoms with Crippen LogP contribution in [0.1, 0.15) is 41.6 Å². The van der Waals surface area contributed by atoms with Gasteiger partial charge in [0.15, 0.2) is 5.78 Å². The lowest BCUT2D eigenvalue weighted by Gasteiger charge is -2.35. The fourth-order valence-electron chi connectivity index (χ4n) is 4.26. The molecule has 8 heteroatoms. The fourth-order valence-corrected chi connectivity index (χ4v) is 4.26. The van der Waals surface area contributed by atoms with Crippen molar-refractivity contribution in [1.82, 2.24) is 9.97 Å². The van der Waals surface area contributed by atoms with Crippen LogP contribution in [0.25, 0.3) is 0 Å². The molecule has 1 aromatic carbocycles. The normalized spacial score (nSPS) is 20.8. The van der Waals surface area contributed by atoms with E-state index in [9.17, 15) is 18.8 Å². The molecule has 3 aromatic rings. The summed E-state index contributed by atoms with van der Waals surface area (Å²) in [5.41, 5.74) is 0.699. The maximum Gasteiger partial charge on any atom is 0.327 e. The second kappa shape index (κ2) is 6.44. The van der Waals surface area contributed by atoms with Crippen LogP contribution in [0, 0.1) is 5.82 Å². The first-order chi connectivity index (χ1) is 14.0. The van der Waals surface area contributed by atoms with Gasteiger partial charge in [-0.05, 0) is 36.2 Å². The second-order valence-corrected chi connectivity index (χ2v) is 7.24. The lowest BCUT2D eigenvalue weighted by atomic mass is 9.73. The number of aromatic amines is 2. The zero-order valence-corrected chi connectivity index (χ0v) is 15.1. The van der Waals surface area contributed by atoms with Gasteiger partial charge in [0.25, 0.3) is 5.56 Å². The molecule has 2 aliphatic rings. The van der Waals surface area contributed by atoms with Crippen molar-refractivity contribution in [2.24, 2.45) is 0 Å². The zero-order valence-electron chi connectivity index (χ0n) is 15.1. The van der Waals surface area contributed by atoms with Gasteiger partial charge in [-0.2, -0.15) is 0 Å². The Balaban J connectivity index is 1.70. The third-order valence-corrected chi connectivity index (χ3v) is 5.49. The summed E-state index contributed by atoms with van der Waals surface area (Å²) in [4.78, 5) is 42.5. The van der Waals surface area contributed by atoms with Gasteiger partial charge < -0.3 is 9.73 Å². The highest BCUT2D eigenvalue weighted by Gasteiger charge is 2.40. The van der Waals surface area contributed by atoms with Crippen molar-refractivity contribution in [2.45, 2.75) is 24.7 Å². The summed E-state index contributed by atoms with van der Waals surface area (Å²) in [6.07, 6.45) is 2.29. The molecule has 0 unspecified atom stereocenters. The first kappa shape index (κ1) is 17.4. The van der Waals surface area contributed by atoms with Crippen molar-refractivity contribution >= 4 is 11.6 Å². The number of nitrogens with one attached hydrogen (secondary N) is 3. The number of benzene rings is 1. The average molecular weight is 393 g/mol. The van der Waals surface area contributed by atoms with Crippen LogP contribution >= 0.6 is 0 Å². The van der Waals surface area contributed by atoms with Gasteiger partial charge in [0.05, 0.1) is 11.8 Å². The number of furan rings is 1. The number of Topliss-reactive ketones (excluding diaryl/α,β-unsaturated/α-hetero) is 1. The summed E-state index contributed by atoms with van der Waals surface area (Å²) < 4.78 is 19.0. The largest absolute Gasteiger partial charge is 0.469 e. The minimum absolute atomic E-state index is 0.120. The molecule has 1 aliphatic carbocycles. The predicted molar refractivity (Wildman–Crippen MR) is 102 cm³/mol. The number of carbonyl (C=O) groups is 1. The molecule has 3 N–H and O–H groups in total. The number of hydrogen-bond donors (Lipinski definition) is 3. The Bertz CT molecular complexity index is 1250. The predicted octanol–water partition coefficient (Wildman–Crippen LogP) is 2.75. The van der Waals surface area contributed by atoms with E-state index in [2.05, 4.69) is 15.3 Å². The Morgan fingerprint density at radius 2 is 1.79 bits per heavy atom. The number of hydrogen-bond acceptors (Lipinski definition) is 5. The molecule has 29 heavy (non-hydrogen) atoms. The molecule has 3 heterocycles. The van der Waals surface area contributed by atoms with Crippen LogP contribution in [-0.2, 0) is 4.79 Å². The molecule has 0 saturated heterocycles. The van der Waals surface area contributed by atoms with Crippen LogP contribution in [0.2, 0.25) is 0 Å². The topological polar surface area (TPSA) is 108 Å². The third-order valence-electron chi connectivity index (χ3n) is 5.49. The van der Waals surface area contributed by atoms with Crippen molar-refractivity contribution in [2.75, 3.05) is 5.32 Å². The molecule has 0 fully saturated rings. The van der Waals surface area contributed by atoms with Crippen molar-refractivity contribution in [3.05, 3.63) is 97.5 Å². The van der Waals surface area contributed by atoms with Gasteiger partial charge in [0.2, 0.25) is 0 Å². The number of H-pyrrole nitrogens is 2. The molecule has 2 atom stereocenters. The maximum atomic E-state index is 13.5. The zero-order chi connectivity index (χ0) is 20.1. The van der Waals surface area contributed by atoms with Crippen molar-refractivity contribution in [3.63, 3.8) is 0 Å². The quantitative estimate of drug-likeness (QED) is 0.621. The number of ketones is 1. The van der Waals surface area contributed by atoms with Gasteiger partial charge in [-0.15, -0.1) is 0 Å². The van der Waals surface area contributed by atoms with Crippen LogP contribution < -0.4 is 16.6 Å². The van der Waals surface area contributed by atoms with Gasteiger partial charge in [-0.3, -0.25) is 19.6 Å². The number of halogens is 1. The SMILES string of the molecule is O=C1C[C@@H](c2ccco2)CC2=C1[C@H](c1ccc(F)cc1)c1c([nH]c(=O)[nH]c1=O)N2. The highest BCUT2D eigenvalue weighted by Crippen LogP contribution is 2.46. The minimum Gasteiger partial charge on any atom is -0.469 e. The van der Waals surface area contributed by atoms with Crippen molar-refractivity contribution in [3.8, 4) is 0 Å². The van der Waals surface area contributed by atoms with Gasteiger partial charge >= 0.3 is 5.69 Å². The van der Waals surface area contributed by atoms with Gasteiger partial charge in [0.1, 0.15) is 17.4 Å². The Labute approximate surface area is 163 Å². The van der Waals surface area contributed by atoms with E-state index in [0.29, 0.717) is 29.0 Å². The van der Waals surface area contributed by atoms with Crippen LogP contribution in [-0.4, -0.2) is 15.8 Å². The smallest absolute Gasteiger partial charge is 0.327 e. The van der Waals surface area contributed by atoms with E-state index in [1.807, 2.05) is 6.07 Å². The van der Waals surface area contributed by atoms with Gasteiger partial charge in [-0.1, -0.05) is 12.1 Å². The van der Waals surface area contributed by atoms with Crippen LogP contribution in [0.4, 0.5) is 10.2 Å². The summed E-state index contributed by atoms with van der Waals surface area (Å²) in [6.45, 7) is 0. The molecule has 7 nitrogen and oxygen atoms in total. The number of aromatic nitrogens is 2. The molecule has 2 aromatic heterocycles. The summed E-state index contributed by atoms with van der Waals surface area (Å²) in [5, 5.41) is 3.08. The summed E-state index contributed by atoms with van der Waals surface area (Å²) in [6, 6.07) is 9.27. The molecule has 0 bridgehead atoms. The summed E-state index contributed by atoms with van der Waals surface area (Å²) in [5.74, 6) is -0.429. The highest BCUT2D eigenvalue weighted by atomic mass is 19.1. The first-order valence-electron chi connectivity index (χ1n) is 9.20. The highest BCUT2D eigenvalue weighted by molar-refractivity contribution is 6.01. The molecule has 146 valence electrons. The lowest BCUT2D eigenvalue weighted by Crippen LogP contribution is -2.37. The number of anilines is 1. The Morgan fingerprint density at radius 1 is 1.00 bits per heavy atom. The van der Waals surface area contributed by atoms with Crippen LogP contribution in [0.5, 0.6) is 0 Å². The number of rotatable bonds is 2. The Morgan fingerprint density at radius 3 is 2.52 bits per heavy atom. The standard InChI is InChI=1S/C21H16FN3O4/c22-12-5-3-10(4-6-12)16-17-13(23-19-18(16)20(27)25-21(28)24-19)8-11(9-14(17)26)15-2-1-7-29-15/h1-7,11,16H,8-9H2,(H3,23,24,25,27,28)/t11-,16-/m0/s1. The molecule has 0 spiro atoms. The van der Waals surface area contributed by atoms with E-state index in [4.69, 9.17) is 4.42 Å². The average Bonchev–Trinajstić information content (AvgIpc) is 3.21. The lowest BCUT2D eigenvalue weighted by molar-refractivity contribution is -0.116. The molecule has 0 radical (unpaired) electrons. The monoisotopic (exact) mass is 393 g/mol. The van der Waals surface area contributed by atoms with Gasteiger partial charge in [0, 0.05) is 29.5 Å². The minimum atomic E-state index is -0.701. The first-order valence-corrected chi connectivity index (χ1v) is 9.20. The van der Waals surface area contributed by atoms with Gasteiger partial charge in [-0.25, -0.2) is 9.18 Å². The van der Waals surface area contributed by atoms with E-state index in [-0.39, 0.29) is 29.5 Å². The Kier molecular flexibility index (Phi) is 3.87.